The summed E-state index contributed by atoms with van der Waals surface area (Å²) < 4.78 is 25.5. The fourth-order valence-electron chi connectivity index (χ4n) is 4.15. The summed E-state index contributed by atoms with van der Waals surface area (Å²) in [6.45, 7) is 4.33. The van der Waals surface area contributed by atoms with Crippen LogP contribution in [0.2, 0.25) is 0 Å². The first-order valence-corrected chi connectivity index (χ1v) is 11.6. The van der Waals surface area contributed by atoms with Gasteiger partial charge in [-0.25, -0.2) is 8.42 Å². The lowest BCUT2D eigenvalue weighted by molar-refractivity contribution is -0.129. The maximum Gasteiger partial charge on any atom is 0.227 e. The highest BCUT2D eigenvalue weighted by molar-refractivity contribution is 7.91. The van der Waals surface area contributed by atoms with Gasteiger partial charge in [0.05, 0.1) is 29.7 Å². The van der Waals surface area contributed by atoms with E-state index in [0.717, 1.165) is 33.4 Å². The zero-order chi connectivity index (χ0) is 20.8. The van der Waals surface area contributed by atoms with Gasteiger partial charge in [-0.15, -0.1) is 0 Å². The largest absolute Gasteiger partial charge is 0.361 e. The van der Waals surface area contributed by atoms with Crippen LogP contribution in [0.25, 0.3) is 10.9 Å². The van der Waals surface area contributed by atoms with Gasteiger partial charge in [0.25, 0.3) is 0 Å². The number of para-hydroxylation sites is 1. The van der Waals surface area contributed by atoms with Crippen molar-refractivity contribution in [2.24, 2.45) is 0 Å². The number of aromatic nitrogens is 3. The van der Waals surface area contributed by atoms with Crippen molar-refractivity contribution in [2.75, 3.05) is 18.6 Å². The number of amides is 1. The van der Waals surface area contributed by atoms with Gasteiger partial charge in [-0.2, -0.15) is 5.10 Å². The maximum absolute atomic E-state index is 12.8. The molecule has 1 fully saturated rings. The van der Waals surface area contributed by atoms with Gasteiger partial charge in [-0.05, 0) is 31.9 Å². The number of sulfone groups is 1. The van der Waals surface area contributed by atoms with Gasteiger partial charge < -0.3 is 9.88 Å². The first kappa shape index (κ1) is 19.7. The van der Waals surface area contributed by atoms with Gasteiger partial charge in [-0.1, -0.05) is 18.2 Å². The predicted molar refractivity (Wildman–Crippen MR) is 112 cm³/mol. The van der Waals surface area contributed by atoms with Crippen molar-refractivity contribution >= 4 is 26.6 Å². The molecule has 8 heteroatoms. The number of carbonyl (C=O) groups excluding carboxylic acids is 1. The zero-order valence-corrected chi connectivity index (χ0v) is 17.8. The highest BCUT2D eigenvalue weighted by Gasteiger charge is 2.31. The minimum absolute atomic E-state index is 0.0322. The number of fused-ring (bicyclic) bond motifs is 1. The molecule has 1 saturated heterocycles. The Morgan fingerprint density at radius 2 is 2.07 bits per heavy atom. The Morgan fingerprint density at radius 1 is 1.31 bits per heavy atom. The van der Waals surface area contributed by atoms with Crippen LogP contribution in [0.1, 0.15) is 35.0 Å². The molecule has 1 aliphatic heterocycles. The summed E-state index contributed by atoms with van der Waals surface area (Å²) in [4.78, 5) is 17.8. The summed E-state index contributed by atoms with van der Waals surface area (Å²) in [6.07, 6.45) is 2.82. The number of H-pyrrole nitrogens is 1. The van der Waals surface area contributed by atoms with E-state index in [-0.39, 0.29) is 23.5 Å². The van der Waals surface area contributed by atoms with Crippen molar-refractivity contribution in [3.05, 3.63) is 53.0 Å². The highest BCUT2D eigenvalue weighted by atomic mass is 32.2. The Bertz CT molecular complexity index is 1180. The van der Waals surface area contributed by atoms with Crippen molar-refractivity contribution in [3.8, 4) is 0 Å². The van der Waals surface area contributed by atoms with E-state index in [9.17, 15) is 13.2 Å². The number of aryl methyl sites for hydroxylation is 1. The Labute approximate surface area is 170 Å². The minimum Gasteiger partial charge on any atom is -0.361 e. The van der Waals surface area contributed by atoms with E-state index < -0.39 is 9.84 Å². The fourth-order valence-corrected chi connectivity index (χ4v) is 5.84. The number of likely N-dealkylation sites (N-methyl/N-ethyl adjacent to an activating group) is 1. The molecule has 1 atom stereocenters. The van der Waals surface area contributed by atoms with E-state index in [1.165, 1.54) is 0 Å². The van der Waals surface area contributed by atoms with Crippen LogP contribution in [0, 0.1) is 13.8 Å². The maximum atomic E-state index is 12.8. The van der Waals surface area contributed by atoms with Crippen LogP contribution in [0.5, 0.6) is 0 Å². The van der Waals surface area contributed by atoms with Crippen LogP contribution in [-0.4, -0.2) is 52.5 Å². The van der Waals surface area contributed by atoms with Gasteiger partial charge in [0.2, 0.25) is 5.91 Å². The molecule has 0 radical (unpaired) electrons. The van der Waals surface area contributed by atoms with Crippen molar-refractivity contribution < 1.29 is 13.2 Å². The van der Waals surface area contributed by atoms with Crippen LogP contribution in [0.4, 0.5) is 0 Å². The number of benzene rings is 1. The van der Waals surface area contributed by atoms with E-state index in [0.29, 0.717) is 19.4 Å². The standard InChI is InChI=1S/C21H26N4O3S/c1-14-19(15(2)25(23-14)17-8-9-29(27,28)13-17)12-24(3)21(26)10-16-11-22-20-7-5-4-6-18(16)20/h4-7,11,17,22H,8-10,12-13H2,1-3H3. The third kappa shape index (κ3) is 3.81. The molecule has 0 bridgehead atoms. The van der Waals surface area contributed by atoms with Crippen LogP contribution < -0.4 is 0 Å². The predicted octanol–water partition coefficient (Wildman–Crippen LogP) is 2.54. The minimum atomic E-state index is -2.98. The van der Waals surface area contributed by atoms with E-state index in [4.69, 9.17) is 0 Å². The van der Waals surface area contributed by atoms with Crippen molar-refractivity contribution in [1.29, 1.82) is 0 Å². The number of nitrogens with zero attached hydrogens (tertiary/aromatic N) is 3. The Hall–Kier alpha value is -2.61. The molecule has 1 aromatic carbocycles. The lowest BCUT2D eigenvalue weighted by Gasteiger charge is -2.18. The average Bonchev–Trinajstić information content (AvgIpc) is 3.33. The number of nitrogens with one attached hydrogen (secondary N) is 1. The molecule has 1 unspecified atom stereocenters. The molecule has 1 aliphatic rings. The van der Waals surface area contributed by atoms with Crippen LogP contribution in [0.3, 0.4) is 0 Å². The second kappa shape index (κ2) is 7.33. The molecule has 0 saturated carbocycles. The first-order valence-electron chi connectivity index (χ1n) is 9.79. The van der Waals surface area contributed by atoms with Gasteiger partial charge in [0.15, 0.2) is 9.84 Å². The molecule has 29 heavy (non-hydrogen) atoms. The Balaban J connectivity index is 1.49. The van der Waals surface area contributed by atoms with Gasteiger partial charge in [0.1, 0.15) is 0 Å². The molecule has 0 aliphatic carbocycles. The van der Waals surface area contributed by atoms with Gasteiger partial charge >= 0.3 is 0 Å². The number of hydrogen-bond donors (Lipinski definition) is 1. The normalized spacial score (nSPS) is 18.4. The summed E-state index contributed by atoms with van der Waals surface area (Å²) in [5, 5.41) is 5.66. The van der Waals surface area contributed by atoms with E-state index in [1.807, 2.05) is 49.0 Å². The third-order valence-corrected chi connectivity index (χ3v) is 7.62. The summed E-state index contributed by atoms with van der Waals surface area (Å²) in [7, 11) is -1.18. The Kier molecular flexibility index (Phi) is 4.98. The summed E-state index contributed by atoms with van der Waals surface area (Å²) >= 11 is 0. The molecule has 3 heterocycles. The molecule has 4 rings (SSSR count). The number of rotatable bonds is 5. The molecule has 154 valence electrons. The summed E-state index contributed by atoms with van der Waals surface area (Å²) in [5.74, 6) is 0.391. The second-order valence-corrected chi connectivity index (χ2v) is 10.2. The fraction of sp³-hybridized carbons (Fsp3) is 0.429. The Morgan fingerprint density at radius 3 is 2.79 bits per heavy atom. The van der Waals surface area contributed by atoms with E-state index in [2.05, 4.69) is 10.1 Å². The zero-order valence-electron chi connectivity index (χ0n) is 17.0. The highest BCUT2D eigenvalue weighted by Crippen LogP contribution is 2.27. The molecule has 2 aromatic heterocycles. The van der Waals surface area contributed by atoms with Crippen LogP contribution in [-0.2, 0) is 27.6 Å². The summed E-state index contributed by atoms with van der Waals surface area (Å²) in [6, 6.07) is 7.84. The topological polar surface area (TPSA) is 88.1 Å². The third-order valence-electron chi connectivity index (χ3n) is 5.87. The lowest BCUT2D eigenvalue weighted by atomic mass is 10.1. The smallest absolute Gasteiger partial charge is 0.227 e. The molecule has 1 amide bonds. The lowest BCUT2D eigenvalue weighted by Crippen LogP contribution is -2.28. The molecule has 0 spiro atoms. The van der Waals surface area contributed by atoms with Crippen molar-refractivity contribution in [2.45, 2.75) is 39.3 Å². The molecule has 3 aromatic rings. The number of aromatic amines is 1. The average molecular weight is 415 g/mol. The van der Waals surface area contributed by atoms with Crippen molar-refractivity contribution in [1.82, 2.24) is 19.7 Å². The first-order chi connectivity index (χ1) is 13.7. The second-order valence-electron chi connectivity index (χ2n) is 7.94. The molecule has 7 nitrogen and oxygen atoms in total. The quantitative estimate of drug-likeness (QED) is 0.695. The molecular formula is C21H26N4O3S. The monoisotopic (exact) mass is 414 g/mol. The van der Waals surface area contributed by atoms with E-state index >= 15 is 0 Å². The molecular weight excluding hydrogens is 388 g/mol. The number of hydrogen-bond acceptors (Lipinski definition) is 4. The van der Waals surface area contributed by atoms with Crippen LogP contribution >= 0.6 is 0 Å². The SMILES string of the molecule is Cc1nn(C2CCS(=O)(=O)C2)c(C)c1CN(C)C(=O)Cc1c[nH]c2ccccc12. The summed E-state index contributed by atoms with van der Waals surface area (Å²) in [5.41, 5.74) is 4.79. The van der Waals surface area contributed by atoms with Gasteiger partial charge in [-0.3, -0.25) is 9.48 Å². The number of carbonyl (C=O) groups is 1. The molecule has 1 N–H and O–H groups in total. The van der Waals surface area contributed by atoms with E-state index in [1.54, 1.807) is 11.9 Å². The van der Waals surface area contributed by atoms with Gasteiger partial charge in [0, 0.05) is 41.9 Å². The van der Waals surface area contributed by atoms with Crippen LogP contribution in [0.15, 0.2) is 30.5 Å². The van der Waals surface area contributed by atoms with Crippen molar-refractivity contribution in [3.63, 3.8) is 0 Å².